The maximum atomic E-state index is 4.49. The summed E-state index contributed by atoms with van der Waals surface area (Å²) in [4.78, 5) is 5.81. The number of rotatable bonds is 5. The zero-order chi connectivity index (χ0) is 12.1. The van der Waals surface area contributed by atoms with E-state index in [9.17, 15) is 0 Å². The minimum atomic E-state index is 0.291. The molecule has 2 aromatic rings. The average Bonchev–Trinajstić information content (AvgIpc) is 2.83. The summed E-state index contributed by atoms with van der Waals surface area (Å²) in [6.45, 7) is 5.10. The normalized spacial score (nSPS) is 12.1. The van der Waals surface area contributed by atoms with Gasteiger partial charge in [-0.1, -0.05) is 12.1 Å². The fourth-order valence-electron chi connectivity index (χ4n) is 1.63. The Bertz CT molecular complexity index is 453. The van der Waals surface area contributed by atoms with E-state index in [2.05, 4.69) is 47.0 Å². The van der Waals surface area contributed by atoms with Crippen LogP contribution in [0.1, 0.15) is 24.8 Å². The summed E-state index contributed by atoms with van der Waals surface area (Å²) in [5.41, 5.74) is 0. The van der Waals surface area contributed by atoms with Gasteiger partial charge in [0.05, 0.1) is 6.04 Å². The van der Waals surface area contributed by atoms with Gasteiger partial charge in [-0.05, 0) is 37.4 Å². The van der Waals surface area contributed by atoms with Crippen LogP contribution in [0, 0.1) is 0 Å². The van der Waals surface area contributed by atoms with Crippen molar-refractivity contribution in [2.45, 2.75) is 19.9 Å². The molecule has 0 radical (unpaired) electrons. The van der Waals surface area contributed by atoms with Crippen LogP contribution in [0.15, 0.2) is 35.7 Å². The Labute approximate surface area is 106 Å². The Hall–Kier alpha value is -1.55. The van der Waals surface area contributed by atoms with E-state index in [1.165, 1.54) is 4.88 Å². The van der Waals surface area contributed by atoms with Crippen LogP contribution in [0.4, 0.5) is 11.6 Å². The molecule has 17 heavy (non-hydrogen) atoms. The van der Waals surface area contributed by atoms with Crippen molar-refractivity contribution < 1.29 is 0 Å². The first-order valence-electron chi connectivity index (χ1n) is 5.80. The Morgan fingerprint density at radius 2 is 2.06 bits per heavy atom. The summed E-state index contributed by atoms with van der Waals surface area (Å²) in [5.74, 6) is 1.82. The van der Waals surface area contributed by atoms with Crippen LogP contribution in [-0.4, -0.2) is 11.5 Å². The molecule has 0 saturated carbocycles. The molecule has 4 heteroatoms. The number of anilines is 2. The van der Waals surface area contributed by atoms with E-state index >= 15 is 0 Å². The predicted molar refractivity (Wildman–Crippen MR) is 74.8 cm³/mol. The quantitative estimate of drug-likeness (QED) is 0.845. The minimum Gasteiger partial charge on any atom is -0.370 e. The molecule has 0 aromatic carbocycles. The monoisotopic (exact) mass is 247 g/mol. The van der Waals surface area contributed by atoms with E-state index in [4.69, 9.17) is 0 Å². The highest BCUT2D eigenvalue weighted by atomic mass is 32.1. The standard InChI is InChI=1S/C13H17N3S/c1-3-14-12-7-4-8-13(16-12)15-10(2)11-6-5-9-17-11/h4-10H,3H2,1-2H3,(H2,14,15,16). The number of pyridine rings is 1. The van der Waals surface area contributed by atoms with Crippen LogP contribution in [-0.2, 0) is 0 Å². The van der Waals surface area contributed by atoms with Crippen LogP contribution in [0.3, 0.4) is 0 Å². The zero-order valence-electron chi connectivity index (χ0n) is 10.1. The molecule has 0 spiro atoms. The topological polar surface area (TPSA) is 37.0 Å². The minimum absolute atomic E-state index is 0.291. The van der Waals surface area contributed by atoms with Crippen molar-refractivity contribution in [2.75, 3.05) is 17.2 Å². The lowest BCUT2D eigenvalue weighted by Gasteiger charge is -2.13. The molecule has 2 rings (SSSR count). The Morgan fingerprint density at radius 3 is 2.76 bits per heavy atom. The second kappa shape index (κ2) is 5.68. The van der Waals surface area contributed by atoms with E-state index in [0.29, 0.717) is 6.04 Å². The van der Waals surface area contributed by atoms with Crippen LogP contribution in [0.25, 0.3) is 0 Å². The first-order chi connectivity index (χ1) is 8.29. The van der Waals surface area contributed by atoms with Crippen LogP contribution in [0.5, 0.6) is 0 Å². The smallest absolute Gasteiger partial charge is 0.128 e. The summed E-state index contributed by atoms with van der Waals surface area (Å²) >= 11 is 1.76. The van der Waals surface area contributed by atoms with Crippen molar-refractivity contribution in [2.24, 2.45) is 0 Å². The maximum Gasteiger partial charge on any atom is 0.128 e. The van der Waals surface area contributed by atoms with Crippen LogP contribution in [0.2, 0.25) is 0 Å². The van der Waals surface area contributed by atoms with Gasteiger partial charge in [0.25, 0.3) is 0 Å². The number of hydrogen-bond acceptors (Lipinski definition) is 4. The fourth-order valence-corrected chi connectivity index (χ4v) is 2.36. The van der Waals surface area contributed by atoms with Gasteiger partial charge >= 0.3 is 0 Å². The van der Waals surface area contributed by atoms with E-state index < -0.39 is 0 Å². The lowest BCUT2D eigenvalue weighted by Crippen LogP contribution is -2.07. The molecular weight excluding hydrogens is 230 g/mol. The Kier molecular flexibility index (Phi) is 3.98. The summed E-state index contributed by atoms with van der Waals surface area (Å²) < 4.78 is 0. The van der Waals surface area contributed by atoms with Gasteiger partial charge in [0, 0.05) is 11.4 Å². The van der Waals surface area contributed by atoms with Gasteiger partial charge in [-0.2, -0.15) is 0 Å². The molecule has 0 amide bonds. The highest BCUT2D eigenvalue weighted by Crippen LogP contribution is 2.22. The van der Waals surface area contributed by atoms with Crippen molar-refractivity contribution >= 4 is 23.0 Å². The molecular formula is C13H17N3S. The SMILES string of the molecule is CCNc1cccc(NC(C)c2cccs2)n1. The number of nitrogens with zero attached hydrogens (tertiary/aromatic N) is 1. The molecule has 0 aliphatic rings. The van der Waals surface area contributed by atoms with E-state index in [1.807, 2.05) is 18.2 Å². The maximum absolute atomic E-state index is 4.49. The number of nitrogens with one attached hydrogen (secondary N) is 2. The van der Waals surface area contributed by atoms with E-state index in [-0.39, 0.29) is 0 Å². The van der Waals surface area contributed by atoms with Gasteiger partial charge in [-0.25, -0.2) is 4.98 Å². The molecule has 0 fully saturated rings. The number of thiophene rings is 1. The van der Waals surface area contributed by atoms with Gasteiger partial charge in [0.15, 0.2) is 0 Å². The molecule has 0 aliphatic carbocycles. The van der Waals surface area contributed by atoms with Crippen molar-refractivity contribution in [3.8, 4) is 0 Å². The van der Waals surface area contributed by atoms with Gasteiger partial charge in [-0.3, -0.25) is 0 Å². The number of hydrogen-bond donors (Lipinski definition) is 2. The molecule has 1 unspecified atom stereocenters. The van der Waals surface area contributed by atoms with Crippen molar-refractivity contribution in [1.29, 1.82) is 0 Å². The first kappa shape index (κ1) is 11.9. The third-order valence-electron chi connectivity index (χ3n) is 2.44. The molecule has 2 aromatic heterocycles. The van der Waals surface area contributed by atoms with Crippen LogP contribution < -0.4 is 10.6 Å². The second-order valence-electron chi connectivity index (χ2n) is 3.82. The highest BCUT2D eigenvalue weighted by molar-refractivity contribution is 7.10. The molecule has 3 nitrogen and oxygen atoms in total. The molecule has 0 saturated heterocycles. The second-order valence-corrected chi connectivity index (χ2v) is 4.80. The summed E-state index contributed by atoms with van der Waals surface area (Å²) in [5, 5.41) is 8.70. The first-order valence-corrected chi connectivity index (χ1v) is 6.68. The summed E-state index contributed by atoms with van der Waals surface area (Å²) in [7, 11) is 0. The summed E-state index contributed by atoms with van der Waals surface area (Å²) in [6.07, 6.45) is 0. The van der Waals surface area contributed by atoms with E-state index in [1.54, 1.807) is 11.3 Å². The van der Waals surface area contributed by atoms with E-state index in [0.717, 1.165) is 18.2 Å². The third kappa shape index (κ3) is 3.20. The lowest BCUT2D eigenvalue weighted by atomic mass is 10.3. The van der Waals surface area contributed by atoms with Crippen molar-refractivity contribution in [3.63, 3.8) is 0 Å². The highest BCUT2D eigenvalue weighted by Gasteiger charge is 2.06. The number of aromatic nitrogens is 1. The molecule has 2 heterocycles. The molecule has 90 valence electrons. The lowest BCUT2D eigenvalue weighted by molar-refractivity contribution is 0.896. The molecule has 0 bridgehead atoms. The summed E-state index contributed by atoms with van der Waals surface area (Å²) in [6, 6.07) is 10.5. The molecule has 0 aliphatic heterocycles. The van der Waals surface area contributed by atoms with Crippen molar-refractivity contribution in [3.05, 3.63) is 40.6 Å². The third-order valence-corrected chi connectivity index (χ3v) is 3.50. The van der Waals surface area contributed by atoms with Gasteiger partial charge < -0.3 is 10.6 Å². The van der Waals surface area contributed by atoms with Crippen molar-refractivity contribution in [1.82, 2.24) is 4.98 Å². The average molecular weight is 247 g/mol. The largest absolute Gasteiger partial charge is 0.370 e. The zero-order valence-corrected chi connectivity index (χ0v) is 10.9. The Morgan fingerprint density at radius 1 is 1.24 bits per heavy atom. The molecule has 1 atom stereocenters. The van der Waals surface area contributed by atoms with Gasteiger partial charge in [-0.15, -0.1) is 11.3 Å². The van der Waals surface area contributed by atoms with Crippen LogP contribution >= 0.6 is 11.3 Å². The molecule has 2 N–H and O–H groups in total. The fraction of sp³-hybridized carbons (Fsp3) is 0.308. The van der Waals surface area contributed by atoms with Gasteiger partial charge in [0.2, 0.25) is 0 Å². The Balaban J connectivity index is 2.05. The predicted octanol–water partition coefficient (Wildman–Crippen LogP) is 3.75. The van der Waals surface area contributed by atoms with Gasteiger partial charge in [0.1, 0.15) is 11.6 Å².